The van der Waals surface area contributed by atoms with E-state index in [4.69, 9.17) is 5.26 Å². The second-order valence-electron chi connectivity index (χ2n) is 5.11. The number of hydrogen-bond donors (Lipinski definition) is 0. The lowest BCUT2D eigenvalue weighted by Gasteiger charge is -2.26. The minimum atomic E-state index is 0.405. The van der Waals surface area contributed by atoms with Gasteiger partial charge in [0.15, 0.2) is 0 Å². The molecule has 1 aromatic heterocycles. The van der Waals surface area contributed by atoms with Gasteiger partial charge in [0, 0.05) is 30.9 Å². The van der Waals surface area contributed by atoms with Crippen molar-refractivity contribution in [3.05, 3.63) is 65.5 Å². The van der Waals surface area contributed by atoms with Crippen molar-refractivity contribution in [2.75, 3.05) is 0 Å². The molecule has 102 valence electrons. The molecule has 3 heteroatoms. The molecule has 0 unspecified atom stereocenters. The summed E-state index contributed by atoms with van der Waals surface area (Å²) in [5.41, 5.74) is 2.79. The summed E-state index contributed by atoms with van der Waals surface area (Å²) in [5, 5.41) is 9.13. The van der Waals surface area contributed by atoms with Crippen LogP contribution in [0, 0.1) is 11.3 Å². The third-order valence-electron chi connectivity index (χ3n) is 3.33. The Hall–Kier alpha value is -2.18. The molecule has 0 radical (unpaired) electrons. The van der Waals surface area contributed by atoms with Gasteiger partial charge < -0.3 is 0 Å². The van der Waals surface area contributed by atoms with Crippen molar-refractivity contribution in [3.63, 3.8) is 0 Å². The molecule has 3 nitrogen and oxygen atoms in total. The van der Waals surface area contributed by atoms with Gasteiger partial charge >= 0.3 is 0 Å². The Bertz CT molecular complexity index is 585. The van der Waals surface area contributed by atoms with Crippen molar-refractivity contribution in [1.82, 2.24) is 9.88 Å². The molecule has 0 aliphatic heterocycles. The number of hydrogen-bond acceptors (Lipinski definition) is 3. The maximum absolute atomic E-state index is 9.13. The smallest absolute Gasteiger partial charge is 0.144 e. The van der Waals surface area contributed by atoms with E-state index < -0.39 is 0 Å². The molecule has 1 aromatic carbocycles. The molecule has 0 aliphatic carbocycles. The molecule has 2 aromatic rings. The van der Waals surface area contributed by atoms with Gasteiger partial charge in [0.05, 0.1) is 0 Å². The third-order valence-corrected chi connectivity index (χ3v) is 3.33. The van der Waals surface area contributed by atoms with Crippen LogP contribution in [0.1, 0.15) is 30.7 Å². The van der Waals surface area contributed by atoms with Crippen LogP contribution in [-0.4, -0.2) is 15.9 Å². The average Bonchev–Trinajstić information content (AvgIpc) is 2.48. The molecule has 20 heavy (non-hydrogen) atoms. The molecule has 0 aliphatic rings. The largest absolute Gasteiger partial charge is 0.292 e. The minimum Gasteiger partial charge on any atom is -0.292 e. The number of rotatable bonds is 5. The normalized spacial score (nSPS) is 10.8. The van der Waals surface area contributed by atoms with Crippen molar-refractivity contribution in [2.24, 2.45) is 0 Å². The predicted octanol–water partition coefficient (Wildman–Crippen LogP) is 3.36. The van der Waals surface area contributed by atoms with E-state index in [2.05, 4.69) is 54.1 Å². The molecule has 0 atom stereocenters. The maximum atomic E-state index is 9.13. The number of pyridine rings is 1. The van der Waals surface area contributed by atoms with E-state index in [0.29, 0.717) is 11.7 Å². The second kappa shape index (κ2) is 6.83. The van der Waals surface area contributed by atoms with Gasteiger partial charge in [0.2, 0.25) is 0 Å². The van der Waals surface area contributed by atoms with E-state index in [-0.39, 0.29) is 0 Å². The first-order chi connectivity index (χ1) is 9.70. The molecule has 0 amide bonds. The van der Waals surface area contributed by atoms with Crippen LogP contribution in [0.3, 0.4) is 0 Å². The first-order valence-electron chi connectivity index (χ1n) is 6.82. The Morgan fingerprint density at radius 1 is 1.10 bits per heavy atom. The maximum Gasteiger partial charge on any atom is 0.144 e. The highest BCUT2D eigenvalue weighted by Gasteiger charge is 2.13. The number of nitrogens with zero attached hydrogens (tertiary/aromatic N) is 3. The summed E-state index contributed by atoms with van der Waals surface area (Å²) in [6, 6.07) is 16.8. The first kappa shape index (κ1) is 14.2. The minimum absolute atomic E-state index is 0.405. The highest BCUT2D eigenvalue weighted by atomic mass is 15.1. The summed E-state index contributed by atoms with van der Waals surface area (Å²) >= 11 is 0. The van der Waals surface area contributed by atoms with Crippen LogP contribution in [0.2, 0.25) is 0 Å². The van der Waals surface area contributed by atoms with Gasteiger partial charge in [0.25, 0.3) is 0 Å². The summed E-state index contributed by atoms with van der Waals surface area (Å²) in [4.78, 5) is 6.47. The summed E-state index contributed by atoms with van der Waals surface area (Å²) < 4.78 is 0. The fraction of sp³-hybridized carbons (Fsp3) is 0.294. The summed E-state index contributed by atoms with van der Waals surface area (Å²) in [5.74, 6) is 0. The third kappa shape index (κ3) is 3.66. The molecule has 0 fully saturated rings. The van der Waals surface area contributed by atoms with Crippen LogP contribution in [0.5, 0.6) is 0 Å². The zero-order valence-electron chi connectivity index (χ0n) is 12.0. The molecule has 1 heterocycles. The van der Waals surface area contributed by atoms with E-state index in [0.717, 1.165) is 18.7 Å². The van der Waals surface area contributed by atoms with Crippen molar-refractivity contribution in [1.29, 1.82) is 5.26 Å². The van der Waals surface area contributed by atoms with Crippen molar-refractivity contribution in [3.8, 4) is 6.07 Å². The Morgan fingerprint density at radius 3 is 2.50 bits per heavy atom. The van der Waals surface area contributed by atoms with Gasteiger partial charge in [-0.25, -0.2) is 4.98 Å². The summed E-state index contributed by atoms with van der Waals surface area (Å²) in [6.45, 7) is 5.96. The second-order valence-corrected chi connectivity index (χ2v) is 5.11. The fourth-order valence-electron chi connectivity index (χ4n) is 2.12. The molecular weight excluding hydrogens is 246 g/mol. The zero-order valence-corrected chi connectivity index (χ0v) is 12.0. The van der Waals surface area contributed by atoms with Crippen LogP contribution in [0.25, 0.3) is 0 Å². The Kier molecular flexibility index (Phi) is 4.86. The Morgan fingerprint density at radius 2 is 1.85 bits per heavy atom. The van der Waals surface area contributed by atoms with E-state index >= 15 is 0 Å². The summed E-state index contributed by atoms with van der Waals surface area (Å²) in [7, 11) is 0. The van der Waals surface area contributed by atoms with Crippen LogP contribution < -0.4 is 0 Å². The van der Waals surface area contributed by atoms with Gasteiger partial charge in [0.1, 0.15) is 11.8 Å². The van der Waals surface area contributed by atoms with E-state index in [9.17, 15) is 0 Å². The molecular formula is C17H19N3. The van der Waals surface area contributed by atoms with Crippen molar-refractivity contribution >= 4 is 0 Å². The van der Waals surface area contributed by atoms with Crippen LogP contribution in [0.4, 0.5) is 0 Å². The van der Waals surface area contributed by atoms with E-state index in [1.165, 1.54) is 5.56 Å². The standard InChI is InChI=1S/C17H19N3/c1-14(2)20(12-15-7-4-3-5-8-15)13-16-9-6-10-19-17(16)11-18/h3-10,14H,12-13H2,1-2H3. The molecule has 0 saturated heterocycles. The number of aromatic nitrogens is 1. The molecule has 0 saturated carbocycles. The van der Waals surface area contributed by atoms with Crippen LogP contribution in [0.15, 0.2) is 48.7 Å². The highest BCUT2D eigenvalue weighted by Crippen LogP contribution is 2.14. The predicted molar refractivity (Wildman–Crippen MR) is 79.8 cm³/mol. The molecule has 0 spiro atoms. The van der Waals surface area contributed by atoms with Crippen LogP contribution in [-0.2, 0) is 13.1 Å². The number of benzene rings is 1. The van der Waals surface area contributed by atoms with Crippen molar-refractivity contribution < 1.29 is 0 Å². The average molecular weight is 265 g/mol. The Balaban J connectivity index is 2.16. The van der Waals surface area contributed by atoms with Gasteiger partial charge in [-0.2, -0.15) is 5.26 Å². The van der Waals surface area contributed by atoms with Gasteiger partial charge in [-0.15, -0.1) is 0 Å². The molecule has 0 N–H and O–H groups in total. The monoisotopic (exact) mass is 265 g/mol. The van der Waals surface area contributed by atoms with E-state index in [1.54, 1.807) is 6.20 Å². The van der Waals surface area contributed by atoms with E-state index in [1.807, 2.05) is 18.2 Å². The van der Waals surface area contributed by atoms with Gasteiger partial charge in [-0.3, -0.25) is 4.90 Å². The lowest BCUT2D eigenvalue weighted by molar-refractivity contribution is 0.203. The van der Waals surface area contributed by atoms with Crippen LogP contribution >= 0.6 is 0 Å². The SMILES string of the molecule is CC(C)N(Cc1ccccc1)Cc1cccnc1C#N. The first-order valence-corrected chi connectivity index (χ1v) is 6.82. The van der Waals surface area contributed by atoms with Crippen molar-refractivity contribution in [2.45, 2.75) is 33.0 Å². The van der Waals surface area contributed by atoms with Gasteiger partial charge in [-0.1, -0.05) is 36.4 Å². The number of nitriles is 1. The Labute approximate surface area is 120 Å². The van der Waals surface area contributed by atoms with Gasteiger partial charge in [-0.05, 0) is 25.5 Å². The molecule has 2 rings (SSSR count). The highest BCUT2D eigenvalue weighted by molar-refractivity contribution is 5.30. The lowest BCUT2D eigenvalue weighted by atomic mass is 10.1. The fourth-order valence-corrected chi connectivity index (χ4v) is 2.12. The molecule has 0 bridgehead atoms. The quantitative estimate of drug-likeness (QED) is 0.832. The zero-order chi connectivity index (χ0) is 14.4. The lowest BCUT2D eigenvalue weighted by Crippen LogP contribution is -2.30. The summed E-state index contributed by atoms with van der Waals surface area (Å²) in [6.07, 6.45) is 1.67. The topological polar surface area (TPSA) is 39.9 Å².